The maximum atomic E-state index is 12.2. The molecule has 7 nitrogen and oxygen atoms in total. The highest BCUT2D eigenvalue weighted by Gasteiger charge is 2.19. The van der Waals surface area contributed by atoms with Gasteiger partial charge in [-0.2, -0.15) is 0 Å². The fraction of sp³-hybridized carbons (Fsp3) is 0.158. The van der Waals surface area contributed by atoms with Crippen LogP contribution >= 0.6 is 0 Å². The fourth-order valence-corrected chi connectivity index (χ4v) is 2.63. The summed E-state index contributed by atoms with van der Waals surface area (Å²) in [5.41, 5.74) is 2.88. The molecule has 0 radical (unpaired) electrons. The Balaban J connectivity index is 2.07. The number of carbonyl (C=O) groups excluding carboxylic acids is 2. The number of ether oxygens (including phenoxy) is 1. The summed E-state index contributed by atoms with van der Waals surface area (Å²) in [6.45, 7) is 3.80. The summed E-state index contributed by atoms with van der Waals surface area (Å²) in [5, 5.41) is 3.37. The highest BCUT2D eigenvalue weighted by atomic mass is 16.5. The predicted molar refractivity (Wildman–Crippen MR) is 98.7 cm³/mol. The highest BCUT2D eigenvalue weighted by Crippen LogP contribution is 2.30. The van der Waals surface area contributed by atoms with Crippen LogP contribution in [0.4, 0.5) is 5.69 Å². The zero-order valence-electron chi connectivity index (χ0n) is 14.4. The Hall–Kier alpha value is -3.48. The van der Waals surface area contributed by atoms with E-state index in [9.17, 15) is 9.59 Å². The van der Waals surface area contributed by atoms with Gasteiger partial charge in [-0.3, -0.25) is 4.79 Å². The van der Waals surface area contributed by atoms with E-state index in [0.717, 1.165) is 5.56 Å². The van der Waals surface area contributed by atoms with Crippen LogP contribution in [-0.2, 0) is 9.53 Å². The lowest BCUT2D eigenvalue weighted by Crippen LogP contribution is -2.07. The molecule has 0 saturated heterocycles. The number of aromatic nitrogens is 3. The first-order valence-corrected chi connectivity index (χ1v) is 8.17. The summed E-state index contributed by atoms with van der Waals surface area (Å²) in [6.07, 6.45) is 6.10. The molecule has 2 aromatic heterocycles. The predicted octanol–water partition coefficient (Wildman–Crippen LogP) is 3.32. The number of rotatable bonds is 5. The van der Waals surface area contributed by atoms with Gasteiger partial charge in [0.1, 0.15) is 12.0 Å². The molecule has 0 aliphatic heterocycles. The lowest BCUT2D eigenvalue weighted by molar-refractivity contribution is -0.111. The van der Waals surface area contributed by atoms with Gasteiger partial charge in [0.25, 0.3) is 0 Å². The van der Waals surface area contributed by atoms with Gasteiger partial charge in [0.2, 0.25) is 5.91 Å². The number of aromatic amines is 1. The molecule has 0 atom stereocenters. The quantitative estimate of drug-likeness (QED) is 0.543. The third kappa shape index (κ3) is 3.46. The van der Waals surface area contributed by atoms with E-state index in [2.05, 4.69) is 20.3 Å². The Bertz CT molecular complexity index is 991. The Morgan fingerprint density at radius 2 is 2.15 bits per heavy atom. The van der Waals surface area contributed by atoms with E-state index in [1.54, 1.807) is 38.3 Å². The van der Waals surface area contributed by atoms with Gasteiger partial charge in [0.15, 0.2) is 0 Å². The van der Waals surface area contributed by atoms with Crippen molar-refractivity contribution in [2.75, 3.05) is 11.9 Å². The molecule has 0 spiro atoms. The fourth-order valence-electron chi connectivity index (χ4n) is 2.63. The van der Waals surface area contributed by atoms with Crippen molar-refractivity contribution in [1.82, 2.24) is 15.0 Å². The van der Waals surface area contributed by atoms with E-state index in [1.165, 1.54) is 12.4 Å². The summed E-state index contributed by atoms with van der Waals surface area (Å²) in [7, 11) is 0. The Labute approximate surface area is 150 Å². The minimum Gasteiger partial charge on any atom is -0.462 e. The highest BCUT2D eigenvalue weighted by molar-refractivity contribution is 6.08. The van der Waals surface area contributed by atoms with Crippen LogP contribution in [0.15, 0.2) is 48.9 Å². The van der Waals surface area contributed by atoms with Crippen molar-refractivity contribution in [2.45, 2.75) is 13.8 Å². The zero-order chi connectivity index (χ0) is 18.5. The van der Waals surface area contributed by atoms with E-state index in [1.807, 2.05) is 12.1 Å². The largest absolute Gasteiger partial charge is 0.462 e. The van der Waals surface area contributed by atoms with Crippen molar-refractivity contribution < 1.29 is 14.3 Å². The minimum atomic E-state index is -0.438. The average Bonchev–Trinajstić information content (AvgIpc) is 3.06. The SMILES string of the molecule is C/C=C\C(=O)Nc1cccc(-c2ncnc3[nH]cc(C(=O)OCC)c23)c1. The number of hydrogen-bond acceptors (Lipinski definition) is 5. The molecule has 2 heterocycles. The second kappa shape index (κ2) is 7.60. The van der Waals surface area contributed by atoms with Gasteiger partial charge in [-0.05, 0) is 32.1 Å². The summed E-state index contributed by atoms with van der Waals surface area (Å²) in [4.78, 5) is 35.5. The van der Waals surface area contributed by atoms with Crippen LogP contribution in [0.2, 0.25) is 0 Å². The van der Waals surface area contributed by atoms with Crippen molar-refractivity contribution in [1.29, 1.82) is 0 Å². The van der Waals surface area contributed by atoms with Gasteiger partial charge in [-0.15, -0.1) is 0 Å². The lowest BCUT2D eigenvalue weighted by Gasteiger charge is -2.08. The normalized spacial score (nSPS) is 11.0. The van der Waals surface area contributed by atoms with Gasteiger partial charge in [-0.1, -0.05) is 18.2 Å². The van der Waals surface area contributed by atoms with Crippen LogP contribution in [0, 0.1) is 0 Å². The van der Waals surface area contributed by atoms with Crippen LogP contribution in [0.3, 0.4) is 0 Å². The number of carbonyl (C=O) groups is 2. The van der Waals surface area contributed by atoms with Gasteiger partial charge >= 0.3 is 5.97 Å². The average molecular weight is 350 g/mol. The Morgan fingerprint density at radius 1 is 1.31 bits per heavy atom. The summed E-state index contributed by atoms with van der Waals surface area (Å²) < 4.78 is 5.11. The molecular weight excluding hydrogens is 332 g/mol. The van der Waals surface area contributed by atoms with Crippen LogP contribution in [0.1, 0.15) is 24.2 Å². The number of hydrogen-bond donors (Lipinski definition) is 2. The molecule has 2 N–H and O–H groups in total. The second-order valence-corrected chi connectivity index (χ2v) is 5.44. The number of amides is 1. The Morgan fingerprint density at radius 3 is 2.92 bits per heavy atom. The topological polar surface area (TPSA) is 97.0 Å². The van der Waals surface area contributed by atoms with Gasteiger partial charge in [0, 0.05) is 17.4 Å². The Kier molecular flexibility index (Phi) is 5.07. The monoisotopic (exact) mass is 350 g/mol. The first-order valence-electron chi connectivity index (χ1n) is 8.17. The maximum Gasteiger partial charge on any atom is 0.340 e. The first kappa shape index (κ1) is 17.3. The van der Waals surface area contributed by atoms with Crippen molar-refractivity contribution in [3.05, 3.63) is 54.5 Å². The van der Waals surface area contributed by atoms with E-state index in [4.69, 9.17) is 4.74 Å². The number of benzene rings is 1. The molecule has 0 aliphatic carbocycles. The maximum absolute atomic E-state index is 12.2. The molecule has 7 heteroatoms. The van der Waals surface area contributed by atoms with Gasteiger partial charge < -0.3 is 15.0 Å². The van der Waals surface area contributed by atoms with Crippen LogP contribution < -0.4 is 5.32 Å². The van der Waals surface area contributed by atoms with Crippen LogP contribution in [0.25, 0.3) is 22.3 Å². The molecule has 1 amide bonds. The number of esters is 1. The minimum absolute atomic E-state index is 0.216. The molecule has 132 valence electrons. The molecular formula is C19H18N4O3. The third-order valence-corrected chi connectivity index (χ3v) is 3.69. The number of fused-ring (bicyclic) bond motifs is 1. The van der Waals surface area contributed by atoms with Crippen molar-refractivity contribution in [3.8, 4) is 11.3 Å². The van der Waals surface area contributed by atoms with Crippen LogP contribution in [-0.4, -0.2) is 33.4 Å². The van der Waals surface area contributed by atoms with Crippen molar-refractivity contribution >= 4 is 28.6 Å². The molecule has 1 aromatic carbocycles. The number of nitrogens with one attached hydrogen (secondary N) is 2. The number of H-pyrrole nitrogens is 1. The number of anilines is 1. The summed E-state index contributed by atoms with van der Waals surface area (Å²) >= 11 is 0. The van der Waals surface area contributed by atoms with Gasteiger partial charge in [-0.25, -0.2) is 14.8 Å². The molecule has 0 saturated carbocycles. The molecule has 0 aliphatic rings. The van der Waals surface area contributed by atoms with Crippen molar-refractivity contribution in [3.63, 3.8) is 0 Å². The third-order valence-electron chi connectivity index (χ3n) is 3.69. The molecule has 26 heavy (non-hydrogen) atoms. The molecule has 0 bridgehead atoms. The zero-order valence-corrected chi connectivity index (χ0v) is 14.4. The molecule has 3 rings (SSSR count). The standard InChI is InChI=1S/C19H18N4O3/c1-3-6-15(24)23-13-8-5-7-12(9-13)17-16-14(19(25)26-4-2)10-20-18(16)22-11-21-17/h3,5-11H,4H2,1-2H3,(H,23,24)(H,20,21,22)/b6-3-. The van der Waals surface area contributed by atoms with E-state index >= 15 is 0 Å². The molecule has 0 unspecified atom stereocenters. The van der Waals surface area contributed by atoms with E-state index in [-0.39, 0.29) is 12.5 Å². The number of allylic oxidation sites excluding steroid dienone is 1. The molecule has 3 aromatic rings. The van der Waals surface area contributed by atoms with Crippen molar-refractivity contribution in [2.24, 2.45) is 0 Å². The van der Waals surface area contributed by atoms with E-state index in [0.29, 0.717) is 28.0 Å². The lowest BCUT2D eigenvalue weighted by atomic mass is 10.1. The second-order valence-electron chi connectivity index (χ2n) is 5.44. The molecule has 0 fully saturated rings. The van der Waals surface area contributed by atoms with Gasteiger partial charge in [0.05, 0.1) is 23.3 Å². The summed E-state index contributed by atoms with van der Waals surface area (Å²) in [5.74, 6) is -0.654. The number of nitrogens with zero attached hydrogens (tertiary/aromatic N) is 2. The first-order chi connectivity index (χ1) is 12.6. The van der Waals surface area contributed by atoms with E-state index < -0.39 is 5.97 Å². The smallest absolute Gasteiger partial charge is 0.340 e. The summed E-state index contributed by atoms with van der Waals surface area (Å²) in [6, 6.07) is 7.25. The van der Waals surface area contributed by atoms with Crippen LogP contribution in [0.5, 0.6) is 0 Å².